The SMILES string of the molecule is COc1cccc(C(CNC(=O)CCc2ccc(C3CC3C)o2)N(C)C)c1. The van der Waals surface area contributed by atoms with Crippen LogP contribution in [0.5, 0.6) is 5.75 Å². The maximum Gasteiger partial charge on any atom is 0.220 e. The van der Waals surface area contributed by atoms with E-state index in [9.17, 15) is 4.79 Å². The van der Waals surface area contributed by atoms with Gasteiger partial charge in [-0.15, -0.1) is 0 Å². The number of ether oxygens (including phenoxy) is 1. The fourth-order valence-corrected chi connectivity index (χ4v) is 3.43. The van der Waals surface area contributed by atoms with E-state index in [4.69, 9.17) is 9.15 Å². The molecule has 1 aliphatic carbocycles. The number of furan rings is 1. The highest BCUT2D eigenvalue weighted by Crippen LogP contribution is 2.47. The van der Waals surface area contributed by atoms with Gasteiger partial charge >= 0.3 is 0 Å². The summed E-state index contributed by atoms with van der Waals surface area (Å²) in [7, 11) is 5.69. The van der Waals surface area contributed by atoms with Crippen molar-refractivity contribution in [2.75, 3.05) is 27.7 Å². The summed E-state index contributed by atoms with van der Waals surface area (Å²) in [4.78, 5) is 14.4. The van der Waals surface area contributed by atoms with Gasteiger partial charge < -0.3 is 19.4 Å². The van der Waals surface area contributed by atoms with E-state index >= 15 is 0 Å². The molecule has 0 bridgehead atoms. The van der Waals surface area contributed by atoms with E-state index in [1.54, 1.807) is 7.11 Å². The number of carbonyl (C=O) groups is 1. The Bertz CT molecular complexity index is 768. The first-order valence-electron chi connectivity index (χ1n) is 9.63. The summed E-state index contributed by atoms with van der Waals surface area (Å²) in [6, 6.07) is 12.1. The Labute approximate surface area is 161 Å². The largest absolute Gasteiger partial charge is 0.497 e. The van der Waals surface area contributed by atoms with Crippen molar-refractivity contribution in [1.82, 2.24) is 10.2 Å². The van der Waals surface area contributed by atoms with Crippen LogP contribution in [0.15, 0.2) is 40.8 Å². The standard InChI is InChI=1S/C22H30N2O3/c1-15-12-19(15)21-10-8-17(27-21)9-11-22(25)23-14-20(24(2)3)16-6-5-7-18(13-16)26-4/h5-8,10,13,15,19-20H,9,11-12,14H2,1-4H3,(H,23,25). The predicted octanol–water partition coefficient (Wildman–Crippen LogP) is 3.76. The molecule has 2 aromatic rings. The van der Waals surface area contributed by atoms with E-state index in [2.05, 4.69) is 29.3 Å². The number of hydrogen-bond acceptors (Lipinski definition) is 4. The molecule has 0 aliphatic heterocycles. The second kappa shape index (κ2) is 8.61. The minimum atomic E-state index is 0.0440. The summed E-state index contributed by atoms with van der Waals surface area (Å²) >= 11 is 0. The van der Waals surface area contributed by atoms with Crippen LogP contribution in [0, 0.1) is 5.92 Å². The normalized spacial score (nSPS) is 19.7. The first-order valence-corrected chi connectivity index (χ1v) is 9.63. The quantitative estimate of drug-likeness (QED) is 0.730. The zero-order chi connectivity index (χ0) is 19.4. The van der Waals surface area contributed by atoms with Crippen LogP contribution in [0.4, 0.5) is 0 Å². The Morgan fingerprint density at radius 3 is 2.78 bits per heavy atom. The number of hydrogen-bond donors (Lipinski definition) is 1. The molecule has 1 heterocycles. The van der Waals surface area contributed by atoms with Gasteiger partial charge in [-0.3, -0.25) is 4.79 Å². The first-order chi connectivity index (χ1) is 13.0. The van der Waals surface area contributed by atoms with Crippen molar-refractivity contribution in [1.29, 1.82) is 0 Å². The fourth-order valence-electron chi connectivity index (χ4n) is 3.43. The smallest absolute Gasteiger partial charge is 0.220 e. The molecule has 5 nitrogen and oxygen atoms in total. The fraction of sp³-hybridized carbons (Fsp3) is 0.500. The molecule has 3 rings (SSSR count). The number of likely N-dealkylation sites (N-methyl/N-ethyl adjacent to an activating group) is 1. The van der Waals surface area contributed by atoms with Crippen LogP contribution in [0.3, 0.4) is 0 Å². The van der Waals surface area contributed by atoms with Crippen LogP contribution in [0.1, 0.15) is 48.8 Å². The summed E-state index contributed by atoms with van der Waals surface area (Å²) in [6.07, 6.45) is 2.29. The Hall–Kier alpha value is -2.27. The number of methoxy groups -OCH3 is 1. The van der Waals surface area contributed by atoms with E-state index in [1.165, 1.54) is 6.42 Å². The molecule has 5 heteroatoms. The van der Waals surface area contributed by atoms with Crippen LogP contribution in [0.25, 0.3) is 0 Å². The number of nitrogens with one attached hydrogen (secondary N) is 1. The molecule has 1 fully saturated rings. The number of nitrogens with zero attached hydrogens (tertiary/aromatic N) is 1. The average Bonchev–Trinajstić information content (AvgIpc) is 3.20. The molecule has 3 atom stereocenters. The second-order valence-electron chi connectivity index (χ2n) is 7.68. The van der Waals surface area contributed by atoms with Gasteiger partial charge in [0.15, 0.2) is 0 Å². The van der Waals surface area contributed by atoms with Gasteiger partial charge in [-0.2, -0.15) is 0 Å². The number of amides is 1. The monoisotopic (exact) mass is 370 g/mol. The van der Waals surface area contributed by atoms with Gasteiger partial charge in [0.05, 0.1) is 13.2 Å². The van der Waals surface area contributed by atoms with Crippen LogP contribution < -0.4 is 10.1 Å². The molecule has 1 N–H and O–H groups in total. The van der Waals surface area contributed by atoms with Crippen molar-refractivity contribution >= 4 is 5.91 Å². The lowest BCUT2D eigenvalue weighted by Gasteiger charge is -2.25. The molecular formula is C22H30N2O3. The molecule has 146 valence electrons. The van der Waals surface area contributed by atoms with Gasteiger partial charge in [0.2, 0.25) is 5.91 Å². The highest BCUT2D eigenvalue weighted by atomic mass is 16.5. The molecule has 0 radical (unpaired) electrons. The molecule has 0 saturated heterocycles. The number of aryl methyl sites for hydroxylation is 1. The molecule has 1 aromatic carbocycles. The van der Waals surface area contributed by atoms with Crippen molar-refractivity contribution in [3.63, 3.8) is 0 Å². The number of carbonyl (C=O) groups excluding carboxylic acids is 1. The summed E-state index contributed by atoms with van der Waals surface area (Å²) < 4.78 is 11.2. The number of rotatable bonds is 9. The third-order valence-electron chi connectivity index (χ3n) is 5.35. The Balaban J connectivity index is 1.49. The van der Waals surface area contributed by atoms with Gasteiger partial charge in [-0.1, -0.05) is 19.1 Å². The number of benzene rings is 1. The molecule has 1 aromatic heterocycles. The maximum atomic E-state index is 12.3. The molecule has 3 unspecified atom stereocenters. The topological polar surface area (TPSA) is 54.7 Å². The second-order valence-corrected chi connectivity index (χ2v) is 7.68. The van der Waals surface area contributed by atoms with E-state index in [0.717, 1.165) is 28.8 Å². The van der Waals surface area contributed by atoms with Gasteiger partial charge in [-0.25, -0.2) is 0 Å². The summed E-state index contributed by atoms with van der Waals surface area (Å²) in [5, 5.41) is 3.06. The van der Waals surface area contributed by atoms with Gasteiger partial charge in [0.1, 0.15) is 17.3 Å². The summed E-state index contributed by atoms with van der Waals surface area (Å²) in [5.41, 5.74) is 1.12. The third kappa shape index (κ3) is 5.13. The first kappa shape index (κ1) is 19.5. The van der Waals surface area contributed by atoms with Crippen LogP contribution in [-0.4, -0.2) is 38.6 Å². The molecule has 1 saturated carbocycles. The van der Waals surface area contributed by atoms with Crippen molar-refractivity contribution in [2.24, 2.45) is 5.92 Å². The van der Waals surface area contributed by atoms with Crippen LogP contribution in [-0.2, 0) is 11.2 Å². The van der Waals surface area contributed by atoms with Crippen molar-refractivity contribution in [2.45, 2.75) is 38.1 Å². The zero-order valence-corrected chi connectivity index (χ0v) is 16.7. The summed E-state index contributed by atoms with van der Waals surface area (Å²) in [5.74, 6) is 4.15. The predicted molar refractivity (Wildman–Crippen MR) is 106 cm³/mol. The van der Waals surface area contributed by atoms with Crippen molar-refractivity contribution in [3.8, 4) is 5.75 Å². The van der Waals surface area contributed by atoms with Crippen LogP contribution >= 0.6 is 0 Å². The highest BCUT2D eigenvalue weighted by molar-refractivity contribution is 5.76. The van der Waals surface area contributed by atoms with E-state index in [1.807, 2.05) is 38.4 Å². The lowest BCUT2D eigenvalue weighted by molar-refractivity contribution is -0.121. The average molecular weight is 370 g/mol. The molecule has 27 heavy (non-hydrogen) atoms. The van der Waals surface area contributed by atoms with Gasteiger partial charge in [-0.05, 0) is 56.3 Å². The maximum absolute atomic E-state index is 12.3. The van der Waals surface area contributed by atoms with E-state index in [-0.39, 0.29) is 11.9 Å². The Morgan fingerprint density at radius 1 is 1.33 bits per heavy atom. The molecular weight excluding hydrogens is 340 g/mol. The van der Waals surface area contributed by atoms with Gasteiger partial charge in [0, 0.05) is 25.3 Å². The Morgan fingerprint density at radius 2 is 2.11 bits per heavy atom. The van der Waals surface area contributed by atoms with Gasteiger partial charge in [0.25, 0.3) is 0 Å². The molecule has 1 aliphatic rings. The van der Waals surface area contributed by atoms with Crippen molar-refractivity contribution in [3.05, 3.63) is 53.5 Å². The lowest BCUT2D eigenvalue weighted by atomic mass is 10.1. The van der Waals surface area contributed by atoms with Crippen LogP contribution in [0.2, 0.25) is 0 Å². The highest BCUT2D eigenvalue weighted by Gasteiger charge is 2.36. The minimum Gasteiger partial charge on any atom is -0.497 e. The lowest BCUT2D eigenvalue weighted by Crippen LogP contribution is -2.34. The molecule has 0 spiro atoms. The minimum absolute atomic E-state index is 0.0440. The van der Waals surface area contributed by atoms with Crippen molar-refractivity contribution < 1.29 is 13.9 Å². The Kier molecular flexibility index (Phi) is 6.22. The zero-order valence-electron chi connectivity index (χ0n) is 16.7. The van der Waals surface area contributed by atoms with E-state index < -0.39 is 0 Å². The molecule has 1 amide bonds. The van der Waals surface area contributed by atoms with E-state index in [0.29, 0.717) is 25.3 Å². The third-order valence-corrected chi connectivity index (χ3v) is 5.35. The summed E-state index contributed by atoms with van der Waals surface area (Å²) in [6.45, 7) is 2.80.